The number of nitrogens with zero attached hydrogens (tertiary/aromatic N) is 4. The Kier molecular flexibility index (Phi) is 6.12. The fourth-order valence-corrected chi connectivity index (χ4v) is 4.07. The number of hydrogen-bond acceptors (Lipinski definition) is 5. The van der Waals surface area contributed by atoms with E-state index in [9.17, 15) is 9.59 Å². The largest absolute Gasteiger partial charge is 0.322 e. The van der Waals surface area contributed by atoms with Gasteiger partial charge in [0.1, 0.15) is 0 Å². The number of benzene rings is 1. The zero-order valence-electron chi connectivity index (χ0n) is 17.7. The maximum Gasteiger partial charge on any atom is 0.262 e. The van der Waals surface area contributed by atoms with E-state index >= 15 is 0 Å². The summed E-state index contributed by atoms with van der Waals surface area (Å²) in [6.45, 7) is 10.3. The topological polar surface area (TPSA) is 81.8 Å². The molecule has 0 spiro atoms. The summed E-state index contributed by atoms with van der Waals surface area (Å²) < 4.78 is 3.43. The van der Waals surface area contributed by atoms with Crippen molar-refractivity contribution in [1.82, 2.24) is 19.3 Å². The number of nitrogens with one attached hydrogen (secondary N) is 1. The van der Waals surface area contributed by atoms with E-state index in [1.807, 2.05) is 46.0 Å². The highest BCUT2D eigenvalue weighted by atomic mass is 32.2. The molecule has 8 heteroatoms. The zero-order valence-corrected chi connectivity index (χ0v) is 18.5. The van der Waals surface area contributed by atoms with Crippen molar-refractivity contribution in [1.29, 1.82) is 0 Å². The van der Waals surface area contributed by atoms with Crippen LogP contribution in [0.25, 0.3) is 10.9 Å². The average Bonchev–Trinajstić information content (AvgIpc) is 2.90. The van der Waals surface area contributed by atoms with Crippen LogP contribution >= 0.6 is 11.8 Å². The second-order valence-corrected chi connectivity index (χ2v) is 8.95. The molecule has 2 aromatic heterocycles. The second-order valence-electron chi connectivity index (χ2n) is 7.64. The summed E-state index contributed by atoms with van der Waals surface area (Å²) in [5.41, 5.74) is 2.98. The predicted molar refractivity (Wildman–Crippen MR) is 117 cm³/mol. The van der Waals surface area contributed by atoms with Crippen molar-refractivity contribution >= 4 is 34.3 Å². The Balaban J connectivity index is 1.91. The summed E-state index contributed by atoms with van der Waals surface area (Å²) in [6.07, 6.45) is 0. The van der Waals surface area contributed by atoms with E-state index in [-0.39, 0.29) is 17.4 Å². The Hall–Kier alpha value is -2.61. The van der Waals surface area contributed by atoms with Gasteiger partial charge in [-0.2, -0.15) is 5.10 Å². The molecule has 2 heterocycles. The minimum Gasteiger partial charge on any atom is -0.322 e. The van der Waals surface area contributed by atoms with E-state index in [2.05, 4.69) is 29.2 Å². The van der Waals surface area contributed by atoms with E-state index in [4.69, 9.17) is 0 Å². The van der Waals surface area contributed by atoms with Crippen LogP contribution in [0.4, 0.5) is 5.69 Å². The number of amides is 1. The molecule has 1 N–H and O–H groups in total. The smallest absolute Gasteiger partial charge is 0.262 e. The van der Waals surface area contributed by atoms with E-state index in [0.717, 1.165) is 17.1 Å². The van der Waals surface area contributed by atoms with E-state index in [1.54, 1.807) is 15.3 Å². The Bertz CT molecular complexity index is 1120. The van der Waals surface area contributed by atoms with Crippen molar-refractivity contribution in [2.75, 3.05) is 5.32 Å². The average molecular weight is 414 g/mol. The van der Waals surface area contributed by atoms with Gasteiger partial charge in [0.25, 0.3) is 5.56 Å². The molecule has 7 nitrogen and oxygen atoms in total. The molecule has 0 aliphatic rings. The van der Waals surface area contributed by atoms with Crippen LogP contribution in [-0.2, 0) is 18.4 Å². The zero-order chi connectivity index (χ0) is 21.3. The summed E-state index contributed by atoms with van der Waals surface area (Å²) in [4.78, 5) is 30.5. The monoisotopic (exact) mass is 413 g/mol. The molecule has 0 saturated heterocycles. The van der Waals surface area contributed by atoms with Crippen LogP contribution in [0.2, 0.25) is 0 Å². The fourth-order valence-electron chi connectivity index (χ4n) is 3.15. The first-order valence-corrected chi connectivity index (χ1v) is 10.5. The molecule has 0 bridgehead atoms. The number of aromatic nitrogens is 4. The highest BCUT2D eigenvalue weighted by Gasteiger charge is 2.22. The molecule has 1 amide bonds. The summed E-state index contributed by atoms with van der Waals surface area (Å²) in [6, 6.07) is 7.32. The number of anilines is 1. The maximum atomic E-state index is 13.0. The first-order valence-electron chi connectivity index (χ1n) is 9.66. The van der Waals surface area contributed by atoms with Gasteiger partial charge in [-0.05, 0) is 38.8 Å². The molecule has 0 fully saturated rings. The van der Waals surface area contributed by atoms with Crippen LogP contribution in [0.3, 0.4) is 0 Å². The lowest BCUT2D eigenvalue weighted by Gasteiger charge is -2.17. The lowest BCUT2D eigenvalue weighted by molar-refractivity contribution is -0.115. The number of carbonyl (C=O) groups is 1. The minimum atomic E-state index is -0.430. The van der Waals surface area contributed by atoms with Gasteiger partial charge in [-0.15, -0.1) is 0 Å². The number of thioether (sulfide) groups is 1. The van der Waals surface area contributed by atoms with Crippen molar-refractivity contribution < 1.29 is 4.79 Å². The Morgan fingerprint density at radius 3 is 2.52 bits per heavy atom. The van der Waals surface area contributed by atoms with Crippen LogP contribution in [0.1, 0.15) is 32.2 Å². The molecule has 3 rings (SSSR count). The first kappa shape index (κ1) is 21.1. The Labute approximate surface area is 174 Å². The minimum absolute atomic E-state index is 0.0710. The van der Waals surface area contributed by atoms with Crippen LogP contribution in [0, 0.1) is 19.8 Å². The van der Waals surface area contributed by atoms with Crippen molar-refractivity contribution in [2.45, 2.75) is 51.6 Å². The molecule has 29 heavy (non-hydrogen) atoms. The number of para-hydroxylation sites is 1. The highest BCUT2D eigenvalue weighted by molar-refractivity contribution is 8.00. The van der Waals surface area contributed by atoms with Gasteiger partial charge >= 0.3 is 0 Å². The molecule has 3 aromatic rings. The van der Waals surface area contributed by atoms with E-state index in [1.165, 1.54) is 11.8 Å². The fraction of sp³-hybridized carbons (Fsp3) is 0.429. The molecular formula is C21H27N5O2S. The van der Waals surface area contributed by atoms with Crippen molar-refractivity contribution in [3.05, 3.63) is 46.0 Å². The Morgan fingerprint density at radius 2 is 1.90 bits per heavy atom. The molecular weight excluding hydrogens is 386 g/mol. The van der Waals surface area contributed by atoms with Crippen LogP contribution < -0.4 is 10.9 Å². The third-order valence-electron chi connectivity index (χ3n) is 4.78. The lowest BCUT2D eigenvalue weighted by Crippen LogP contribution is -2.28. The van der Waals surface area contributed by atoms with Crippen molar-refractivity contribution in [3.8, 4) is 0 Å². The quantitative estimate of drug-likeness (QED) is 0.494. The highest BCUT2D eigenvalue weighted by Crippen LogP contribution is 2.25. The molecule has 0 saturated carbocycles. The first-order chi connectivity index (χ1) is 13.7. The molecule has 0 radical (unpaired) electrons. The van der Waals surface area contributed by atoms with E-state index < -0.39 is 5.25 Å². The molecule has 154 valence electrons. The van der Waals surface area contributed by atoms with Gasteiger partial charge in [-0.3, -0.25) is 18.8 Å². The van der Waals surface area contributed by atoms with Gasteiger partial charge in [0.05, 0.1) is 33.2 Å². The SMILES string of the molecule is Cc1nn(C)c(C)c1NC(=O)[C@@H](C)Sc1nc2ccccc2c(=O)n1CC(C)C. The predicted octanol–water partition coefficient (Wildman–Crippen LogP) is 3.52. The number of fused-ring (bicyclic) bond motifs is 1. The van der Waals surface area contributed by atoms with Gasteiger partial charge < -0.3 is 5.32 Å². The van der Waals surface area contributed by atoms with Crippen molar-refractivity contribution in [2.24, 2.45) is 13.0 Å². The van der Waals surface area contributed by atoms with Crippen LogP contribution in [0.5, 0.6) is 0 Å². The maximum absolute atomic E-state index is 13.0. The van der Waals surface area contributed by atoms with E-state index in [0.29, 0.717) is 22.6 Å². The number of carbonyl (C=O) groups excluding carboxylic acids is 1. The Morgan fingerprint density at radius 1 is 1.21 bits per heavy atom. The van der Waals surface area contributed by atoms with Gasteiger partial charge in [0.15, 0.2) is 5.16 Å². The van der Waals surface area contributed by atoms with Crippen LogP contribution in [0.15, 0.2) is 34.2 Å². The van der Waals surface area contributed by atoms with Gasteiger partial charge in [0, 0.05) is 13.6 Å². The van der Waals surface area contributed by atoms with Crippen molar-refractivity contribution in [3.63, 3.8) is 0 Å². The summed E-state index contributed by atoms with van der Waals surface area (Å²) in [5, 5.41) is 8.03. The molecule has 0 unspecified atom stereocenters. The summed E-state index contributed by atoms with van der Waals surface area (Å²) >= 11 is 1.30. The molecule has 0 aliphatic heterocycles. The van der Waals surface area contributed by atoms with Crippen LogP contribution in [-0.4, -0.2) is 30.5 Å². The molecule has 1 atom stereocenters. The third-order valence-corrected chi connectivity index (χ3v) is 5.87. The van der Waals surface area contributed by atoms with Gasteiger partial charge in [0.2, 0.25) is 5.91 Å². The standard InChI is InChI=1S/C21H27N5O2S/c1-12(2)11-26-20(28)16-9-7-8-10-17(16)22-21(26)29-15(5)19(27)23-18-13(3)24-25(6)14(18)4/h7-10,12,15H,11H2,1-6H3,(H,23,27)/t15-/m1/s1. The van der Waals surface area contributed by atoms with Gasteiger partial charge in [-0.25, -0.2) is 4.98 Å². The lowest BCUT2D eigenvalue weighted by atomic mass is 10.2. The number of aryl methyl sites for hydroxylation is 2. The normalized spacial score (nSPS) is 12.5. The summed E-state index contributed by atoms with van der Waals surface area (Å²) in [5.74, 6) is 0.132. The second kappa shape index (κ2) is 8.41. The van der Waals surface area contributed by atoms with Gasteiger partial charge in [-0.1, -0.05) is 37.7 Å². The molecule has 1 aromatic carbocycles. The number of hydrogen-bond donors (Lipinski definition) is 1. The summed E-state index contributed by atoms with van der Waals surface area (Å²) in [7, 11) is 1.85. The number of rotatable bonds is 6. The third kappa shape index (κ3) is 4.37. The molecule has 0 aliphatic carbocycles.